The van der Waals surface area contributed by atoms with Crippen molar-refractivity contribution in [1.82, 2.24) is 5.32 Å². The van der Waals surface area contributed by atoms with Crippen molar-refractivity contribution in [2.75, 3.05) is 6.54 Å². The lowest BCUT2D eigenvalue weighted by atomic mass is 10.2. The highest BCUT2D eigenvalue weighted by atomic mass is 32.1. The molecule has 0 radical (unpaired) electrons. The van der Waals surface area contributed by atoms with E-state index in [-0.39, 0.29) is 18.2 Å². The highest BCUT2D eigenvalue weighted by Gasteiger charge is 2.16. The van der Waals surface area contributed by atoms with Crippen LogP contribution in [0.25, 0.3) is 11.3 Å². The molecule has 0 saturated heterocycles. The maximum absolute atomic E-state index is 11.7. The van der Waals surface area contributed by atoms with E-state index in [1.54, 1.807) is 35.6 Å². The number of rotatable bonds is 5. The van der Waals surface area contributed by atoms with Crippen molar-refractivity contribution in [3.8, 4) is 11.3 Å². The fourth-order valence-corrected chi connectivity index (χ4v) is 2.52. The predicted octanol–water partition coefficient (Wildman–Crippen LogP) is 3.06. The lowest BCUT2D eigenvalue weighted by Crippen LogP contribution is -2.27. The van der Waals surface area contributed by atoms with Gasteiger partial charge in [-0.05, 0) is 35.7 Å². The molecular weight excluding hydrogens is 290 g/mol. The quantitative estimate of drug-likeness (QED) is 0.759. The third-order valence-electron chi connectivity index (χ3n) is 2.96. The molecule has 21 heavy (non-hydrogen) atoms. The van der Waals surface area contributed by atoms with Crippen LogP contribution < -0.4 is 5.32 Å². The SMILES string of the molecule is O=C(NC[C@H](O)c1ccc(-c2ccsc2)o1)c1ccco1. The van der Waals surface area contributed by atoms with Crippen LogP contribution in [0.3, 0.4) is 0 Å². The van der Waals surface area contributed by atoms with E-state index in [0.717, 1.165) is 5.56 Å². The molecule has 3 rings (SSSR count). The third-order valence-corrected chi connectivity index (χ3v) is 3.65. The van der Waals surface area contributed by atoms with Crippen LogP contribution in [0.4, 0.5) is 0 Å². The average Bonchev–Trinajstić information content (AvgIpc) is 3.25. The van der Waals surface area contributed by atoms with Crippen LogP contribution in [0.15, 0.2) is 56.2 Å². The van der Waals surface area contributed by atoms with E-state index in [1.165, 1.54) is 6.26 Å². The number of thiophene rings is 1. The van der Waals surface area contributed by atoms with Crippen molar-refractivity contribution in [1.29, 1.82) is 0 Å². The number of carbonyl (C=O) groups is 1. The number of furan rings is 2. The number of aliphatic hydroxyl groups excluding tert-OH is 1. The molecule has 5 nitrogen and oxygen atoms in total. The summed E-state index contributed by atoms with van der Waals surface area (Å²) in [6, 6.07) is 8.64. The predicted molar refractivity (Wildman–Crippen MR) is 78.0 cm³/mol. The zero-order chi connectivity index (χ0) is 14.7. The second-order valence-corrected chi connectivity index (χ2v) is 5.20. The Hall–Kier alpha value is -2.31. The van der Waals surface area contributed by atoms with Gasteiger partial charge in [0.15, 0.2) is 5.76 Å². The standard InChI is InChI=1S/C15H13NO4S/c17-11(8-16-15(18)14-2-1-6-19-14)13-4-3-12(20-13)10-5-7-21-9-10/h1-7,9,11,17H,8H2,(H,16,18)/t11-/m0/s1. The third kappa shape index (κ3) is 3.07. The number of nitrogens with one attached hydrogen (secondary N) is 1. The van der Waals surface area contributed by atoms with Gasteiger partial charge in [-0.2, -0.15) is 11.3 Å². The zero-order valence-corrected chi connectivity index (χ0v) is 11.8. The minimum absolute atomic E-state index is 0.0517. The molecule has 0 aliphatic heterocycles. The lowest BCUT2D eigenvalue weighted by Gasteiger charge is -2.08. The molecule has 0 saturated carbocycles. The molecule has 0 fully saturated rings. The van der Waals surface area contributed by atoms with E-state index in [1.807, 2.05) is 16.8 Å². The van der Waals surface area contributed by atoms with Gasteiger partial charge in [-0.3, -0.25) is 4.79 Å². The molecule has 1 amide bonds. The summed E-state index contributed by atoms with van der Waals surface area (Å²) in [5, 5.41) is 16.5. The van der Waals surface area contributed by atoms with E-state index in [9.17, 15) is 9.90 Å². The van der Waals surface area contributed by atoms with E-state index >= 15 is 0 Å². The summed E-state index contributed by atoms with van der Waals surface area (Å²) in [5.74, 6) is 0.947. The smallest absolute Gasteiger partial charge is 0.287 e. The summed E-state index contributed by atoms with van der Waals surface area (Å²) < 4.78 is 10.6. The zero-order valence-electron chi connectivity index (χ0n) is 11.0. The van der Waals surface area contributed by atoms with E-state index < -0.39 is 6.10 Å². The first-order chi connectivity index (χ1) is 10.2. The van der Waals surface area contributed by atoms with Crippen LogP contribution in [-0.4, -0.2) is 17.6 Å². The maximum atomic E-state index is 11.7. The summed E-state index contributed by atoms with van der Waals surface area (Å²) in [6.07, 6.45) is 0.515. The molecule has 0 spiro atoms. The maximum Gasteiger partial charge on any atom is 0.287 e. The second kappa shape index (κ2) is 5.99. The Morgan fingerprint density at radius 1 is 1.33 bits per heavy atom. The van der Waals surface area contributed by atoms with Crippen molar-refractivity contribution < 1.29 is 18.7 Å². The van der Waals surface area contributed by atoms with Gasteiger partial charge in [0.05, 0.1) is 12.8 Å². The van der Waals surface area contributed by atoms with Gasteiger partial charge in [-0.25, -0.2) is 0 Å². The van der Waals surface area contributed by atoms with Crippen molar-refractivity contribution in [3.05, 3.63) is 58.9 Å². The molecule has 0 bridgehead atoms. The number of amides is 1. The summed E-state index contributed by atoms with van der Waals surface area (Å²) in [5.41, 5.74) is 0.970. The molecule has 1 atom stereocenters. The summed E-state index contributed by atoms with van der Waals surface area (Å²) in [4.78, 5) is 11.7. The summed E-state index contributed by atoms with van der Waals surface area (Å²) in [6.45, 7) is 0.0517. The van der Waals surface area contributed by atoms with Gasteiger partial charge >= 0.3 is 0 Å². The Labute approximate surface area is 124 Å². The van der Waals surface area contributed by atoms with Crippen LogP contribution in [-0.2, 0) is 0 Å². The van der Waals surface area contributed by atoms with E-state index in [4.69, 9.17) is 8.83 Å². The molecule has 3 heterocycles. The molecule has 0 aliphatic rings. The fourth-order valence-electron chi connectivity index (χ4n) is 1.88. The molecular formula is C15H13NO4S. The van der Waals surface area contributed by atoms with Gasteiger partial charge in [0.25, 0.3) is 5.91 Å². The Bertz CT molecular complexity index is 700. The van der Waals surface area contributed by atoms with Gasteiger partial charge in [-0.15, -0.1) is 0 Å². The van der Waals surface area contributed by atoms with Crippen LogP contribution in [0, 0.1) is 0 Å². The molecule has 108 valence electrons. The Morgan fingerprint density at radius 3 is 2.95 bits per heavy atom. The highest BCUT2D eigenvalue weighted by Crippen LogP contribution is 2.26. The van der Waals surface area contributed by atoms with Crippen LogP contribution in [0.5, 0.6) is 0 Å². The Kier molecular flexibility index (Phi) is 3.89. The fraction of sp³-hybridized carbons (Fsp3) is 0.133. The topological polar surface area (TPSA) is 75.6 Å². The summed E-state index contributed by atoms with van der Waals surface area (Å²) >= 11 is 1.57. The first kappa shape index (κ1) is 13.7. The molecule has 6 heteroatoms. The van der Waals surface area contributed by atoms with Gasteiger partial charge in [0, 0.05) is 10.9 Å². The minimum Gasteiger partial charge on any atom is -0.459 e. The monoisotopic (exact) mass is 303 g/mol. The second-order valence-electron chi connectivity index (χ2n) is 4.42. The lowest BCUT2D eigenvalue weighted by molar-refractivity contribution is 0.0875. The summed E-state index contributed by atoms with van der Waals surface area (Å²) in [7, 11) is 0. The molecule has 2 N–H and O–H groups in total. The van der Waals surface area contributed by atoms with E-state index in [0.29, 0.717) is 11.5 Å². The highest BCUT2D eigenvalue weighted by molar-refractivity contribution is 7.08. The molecule has 0 aromatic carbocycles. The van der Waals surface area contributed by atoms with Crippen LogP contribution in [0.2, 0.25) is 0 Å². The number of aliphatic hydroxyl groups is 1. The van der Waals surface area contributed by atoms with Crippen LogP contribution in [0.1, 0.15) is 22.4 Å². The normalized spacial score (nSPS) is 12.2. The van der Waals surface area contributed by atoms with Gasteiger partial charge in [-0.1, -0.05) is 0 Å². The molecule has 3 aromatic rings. The largest absolute Gasteiger partial charge is 0.459 e. The van der Waals surface area contributed by atoms with Gasteiger partial charge in [0.1, 0.15) is 17.6 Å². The van der Waals surface area contributed by atoms with Crippen molar-refractivity contribution in [2.24, 2.45) is 0 Å². The molecule has 0 aliphatic carbocycles. The van der Waals surface area contributed by atoms with E-state index in [2.05, 4.69) is 5.32 Å². The molecule has 3 aromatic heterocycles. The van der Waals surface area contributed by atoms with Gasteiger partial charge in [0.2, 0.25) is 0 Å². The minimum atomic E-state index is -0.906. The number of hydrogen-bond acceptors (Lipinski definition) is 5. The van der Waals surface area contributed by atoms with Gasteiger partial charge < -0.3 is 19.3 Å². The van der Waals surface area contributed by atoms with Crippen LogP contribution >= 0.6 is 11.3 Å². The molecule has 0 unspecified atom stereocenters. The van der Waals surface area contributed by atoms with Crippen molar-refractivity contribution >= 4 is 17.2 Å². The Balaban J connectivity index is 1.61. The average molecular weight is 303 g/mol. The van der Waals surface area contributed by atoms with Crippen molar-refractivity contribution in [3.63, 3.8) is 0 Å². The van der Waals surface area contributed by atoms with Crippen molar-refractivity contribution in [2.45, 2.75) is 6.10 Å². The Morgan fingerprint density at radius 2 is 2.24 bits per heavy atom. The number of hydrogen-bond donors (Lipinski definition) is 2. The first-order valence-corrected chi connectivity index (χ1v) is 7.30. The number of carbonyl (C=O) groups excluding carboxylic acids is 1. The first-order valence-electron chi connectivity index (χ1n) is 6.36.